The van der Waals surface area contributed by atoms with E-state index in [0.29, 0.717) is 51.9 Å². The van der Waals surface area contributed by atoms with Crippen molar-refractivity contribution in [3.63, 3.8) is 0 Å². The SMILES string of the molecule is COc1ccc(OC)c(S(=O)(=O)N2CCN(c3nc4nccc(-c5cc(Cl)ccc5Cl)n4n3)CC2)c1. The van der Waals surface area contributed by atoms with Crippen LogP contribution in [0.4, 0.5) is 5.95 Å². The van der Waals surface area contributed by atoms with E-state index < -0.39 is 10.0 Å². The van der Waals surface area contributed by atoms with Gasteiger partial charge in [0.15, 0.2) is 0 Å². The lowest BCUT2D eigenvalue weighted by Crippen LogP contribution is -2.49. The fraction of sp³-hybridized carbons (Fsp3) is 0.261. The second kappa shape index (κ2) is 9.74. The van der Waals surface area contributed by atoms with Gasteiger partial charge in [-0.2, -0.15) is 13.8 Å². The van der Waals surface area contributed by atoms with E-state index in [-0.39, 0.29) is 23.7 Å². The van der Waals surface area contributed by atoms with E-state index in [1.807, 2.05) is 4.90 Å². The van der Waals surface area contributed by atoms with Gasteiger partial charge >= 0.3 is 0 Å². The number of hydrogen-bond acceptors (Lipinski definition) is 8. The lowest BCUT2D eigenvalue weighted by Gasteiger charge is -2.33. The molecular weight excluding hydrogens is 527 g/mol. The number of piperazine rings is 1. The highest BCUT2D eigenvalue weighted by atomic mass is 35.5. The summed E-state index contributed by atoms with van der Waals surface area (Å²) in [4.78, 5) is 10.9. The fourth-order valence-electron chi connectivity index (χ4n) is 4.07. The van der Waals surface area contributed by atoms with Gasteiger partial charge in [-0.15, -0.1) is 5.10 Å². The summed E-state index contributed by atoms with van der Waals surface area (Å²) in [6, 6.07) is 11.7. The van der Waals surface area contributed by atoms with Crippen LogP contribution in [-0.2, 0) is 10.0 Å². The monoisotopic (exact) mass is 548 g/mol. The summed E-state index contributed by atoms with van der Waals surface area (Å²) in [6.45, 7) is 1.29. The first-order chi connectivity index (χ1) is 17.3. The maximum atomic E-state index is 13.4. The van der Waals surface area contributed by atoms with Crippen LogP contribution in [0.25, 0.3) is 17.0 Å². The van der Waals surface area contributed by atoms with Crippen LogP contribution in [0.3, 0.4) is 0 Å². The molecule has 4 aromatic rings. The molecule has 1 aliphatic rings. The Labute approximate surface area is 218 Å². The molecule has 0 atom stereocenters. The Balaban J connectivity index is 1.40. The molecule has 5 rings (SSSR count). The largest absolute Gasteiger partial charge is 0.497 e. The number of hydrogen-bond donors (Lipinski definition) is 0. The first kappa shape index (κ1) is 24.6. The quantitative estimate of drug-likeness (QED) is 0.360. The van der Waals surface area contributed by atoms with Crippen molar-refractivity contribution >= 4 is 45.0 Å². The zero-order chi connectivity index (χ0) is 25.4. The number of ether oxygens (including phenoxy) is 2. The number of halogens is 2. The minimum absolute atomic E-state index is 0.0656. The van der Waals surface area contributed by atoms with Crippen LogP contribution in [0.2, 0.25) is 10.0 Å². The van der Waals surface area contributed by atoms with E-state index in [4.69, 9.17) is 32.7 Å². The molecule has 10 nitrogen and oxygen atoms in total. The van der Waals surface area contributed by atoms with Crippen molar-refractivity contribution < 1.29 is 17.9 Å². The zero-order valence-corrected chi connectivity index (χ0v) is 21.8. The van der Waals surface area contributed by atoms with Crippen LogP contribution in [0, 0.1) is 0 Å². The molecule has 36 heavy (non-hydrogen) atoms. The van der Waals surface area contributed by atoms with E-state index >= 15 is 0 Å². The van der Waals surface area contributed by atoms with Crippen molar-refractivity contribution in [1.29, 1.82) is 0 Å². The third kappa shape index (κ3) is 4.43. The number of benzene rings is 2. The van der Waals surface area contributed by atoms with Crippen LogP contribution >= 0.6 is 23.2 Å². The van der Waals surface area contributed by atoms with Crippen molar-refractivity contribution in [1.82, 2.24) is 23.9 Å². The molecule has 3 heterocycles. The van der Waals surface area contributed by atoms with E-state index in [0.717, 1.165) is 0 Å². The highest BCUT2D eigenvalue weighted by molar-refractivity contribution is 7.89. The topological polar surface area (TPSA) is 102 Å². The Hall–Kier alpha value is -3.12. The van der Waals surface area contributed by atoms with Gasteiger partial charge in [0.1, 0.15) is 16.4 Å². The molecule has 13 heteroatoms. The van der Waals surface area contributed by atoms with Crippen LogP contribution < -0.4 is 14.4 Å². The summed E-state index contributed by atoms with van der Waals surface area (Å²) >= 11 is 12.6. The molecule has 1 fully saturated rings. The Morgan fingerprint density at radius 3 is 2.44 bits per heavy atom. The number of rotatable bonds is 6. The Kier molecular flexibility index (Phi) is 6.64. The highest BCUT2D eigenvalue weighted by Crippen LogP contribution is 2.32. The van der Waals surface area contributed by atoms with E-state index in [2.05, 4.69) is 15.1 Å². The molecule has 0 spiro atoms. The van der Waals surface area contributed by atoms with Gasteiger partial charge in [-0.05, 0) is 36.4 Å². The smallest absolute Gasteiger partial charge is 0.254 e. The molecule has 1 saturated heterocycles. The molecule has 0 amide bonds. The maximum Gasteiger partial charge on any atom is 0.254 e. The van der Waals surface area contributed by atoms with E-state index in [9.17, 15) is 8.42 Å². The second-order valence-corrected chi connectivity index (χ2v) is 10.7. The first-order valence-electron chi connectivity index (χ1n) is 11.0. The minimum atomic E-state index is -3.80. The Morgan fingerprint density at radius 1 is 0.944 bits per heavy atom. The third-order valence-corrected chi connectivity index (χ3v) is 8.43. The summed E-state index contributed by atoms with van der Waals surface area (Å²) in [5, 5.41) is 5.71. The van der Waals surface area contributed by atoms with Crippen molar-refractivity contribution in [3.8, 4) is 22.8 Å². The van der Waals surface area contributed by atoms with Gasteiger partial charge in [-0.3, -0.25) is 0 Å². The molecule has 1 aliphatic heterocycles. The fourth-order valence-corrected chi connectivity index (χ4v) is 6.05. The number of nitrogens with zero attached hydrogens (tertiary/aromatic N) is 6. The number of anilines is 1. The number of fused-ring (bicyclic) bond motifs is 1. The van der Waals surface area contributed by atoms with Gasteiger partial charge in [0.25, 0.3) is 5.78 Å². The van der Waals surface area contributed by atoms with Crippen molar-refractivity contribution in [2.45, 2.75) is 4.90 Å². The molecule has 2 aromatic heterocycles. The predicted molar refractivity (Wildman–Crippen MR) is 137 cm³/mol. The number of sulfonamides is 1. The summed E-state index contributed by atoms with van der Waals surface area (Å²) < 4.78 is 40.3. The lowest BCUT2D eigenvalue weighted by molar-refractivity contribution is 0.369. The normalized spacial score (nSPS) is 14.8. The molecule has 0 unspecified atom stereocenters. The maximum absolute atomic E-state index is 13.4. The first-order valence-corrected chi connectivity index (χ1v) is 13.2. The summed E-state index contributed by atoms with van der Waals surface area (Å²) in [7, 11) is -0.880. The van der Waals surface area contributed by atoms with Gasteiger partial charge in [-0.1, -0.05) is 23.2 Å². The molecule has 0 aliphatic carbocycles. The molecule has 0 saturated carbocycles. The van der Waals surface area contributed by atoms with Gasteiger partial charge in [-0.25, -0.2) is 13.4 Å². The van der Waals surface area contributed by atoms with E-state index in [1.54, 1.807) is 47.1 Å². The summed E-state index contributed by atoms with van der Waals surface area (Å²) in [6.07, 6.45) is 1.63. The second-order valence-electron chi connectivity index (χ2n) is 7.99. The average molecular weight is 549 g/mol. The van der Waals surface area contributed by atoms with Gasteiger partial charge in [0.05, 0.1) is 24.9 Å². The molecular formula is C23H22Cl2N6O4S. The minimum Gasteiger partial charge on any atom is -0.497 e. The van der Waals surface area contributed by atoms with Crippen molar-refractivity contribution in [2.75, 3.05) is 45.3 Å². The van der Waals surface area contributed by atoms with Gasteiger partial charge in [0.2, 0.25) is 16.0 Å². The van der Waals surface area contributed by atoms with Crippen LogP contribution in [0.15, 0.2) is 53.6 Å². The van der Waals surface area contributed by atoms with Gasteiger partial charge < -0.3 is 14.4 Å². The predicted octanol–water partition coefficient (Wildman–Crippen LogP) is 3.63. The number of methoxy groups -OCH3 is 2. The average Bonchev–Trinajstić information content (AvgIpc) is 3.34. The van der Waals surface area contributed by atoms with E-state index in [1.165, 1.54) is 24.6 Å². The molecule has 0 bridgehead atoms. The summed E-state index contributed by atoms with van der Waals surface area (Å²) in [5.74, 6) is 1.54. The van der Waals surface area contributed by atoms with Crippen LogP contribution in [-0.4, -0.2) is 72.7 Å². The Bertz CT molecular complexity index is 1540. The number of aromatic nitrogens is 4. The zero-order valence-electron chi connectivity index (χ0n) is 19.4. The van der Waals surface area contributed by atoms with Gasteiger partial charge in [0, 0.05) is 49.0 Å². The van der Waals surface area contributed by atoms with Crippen molar-refractivity contribution in [2.24, 2.45) is 0 Å². The molecule has 0 N–H and O–H groups in total. The Morgan fingerprint density at radius 2 is 1.72 bits per heavy atom. The third-order valence-electron chi connectivity index (χ3n) is 5.94. The van der Waals surface area contributed by atoms with Crippen LogP contribution in [0.1, 0.15) is 0 Å². The summed E-state index contributed by atoms with van der Waals surface area (Å²) in [5.41, 5.74) is 1.40. The lowest BCUT2D eigenvalue weighted by atomic mass is 10.1. The van der Waals surface area contributed by atoms with Crippen molar-refractivity contribution in [3.05, 3.63) is 58.7 Å². The van der Waals surface area contributed by atoms with Crippen LogP contribution in [0.5, 0.6) is 11.5 Å². The molecule has 0 radical (unpaired) electrons. The molecule has 2 aromatic carbocycles. The standard InChI is InChI=1S/C23H22Cl2N6O4S/c1-34-16-4-6-20(35-2)21(14-16)36(32,33)30-11-9-29(10-12-30)23-27-22-26-8-7-19(31(22)28-23)17-13-15(24)3-5-18(17)25/h3-8,13-14H,9-12H2,1-2H3. The highest BCUT2D eigenvalue weighted by Gasteiger charge is 2.32. The molecule has 188 valence electrons.